The lowest BCUT2D eigenvalue weighted by Gasteiger charge is -2.43. The Hall–Kier alpha value is -3.38. The molecule has 1 aliphatic heterocycles. The minimum absolute atomic E-state index is 0.0222. The van der Waals surface area contributed by atoms with Crippen molar-refractivity contribution in [3.05, 3.63) is 52.1 Å². The fourth-order valence-corrected chi connectivity index (χ4v) is 4.57. The molecule has 0 saturated carbocycles. The van der Waals surface area contributed by atoms with Gasteiger partial charge in [-0.25, -0.2) is 4.98 Å². The van der Waals surface area contributed by atoms with Crippen molar-refractivity contribution in [2.45, 2.75) is 37.9 Å². The quantitative estimate of drug-likeness (QED) is 0.160. The monoisotopic (exact) mass is 549 g/mol. The molecule has 1 aromatic carbocycles. The molecular formula is C27H38F3N7O2. The summed E-state index contributed by atoms with van der Waals surface area (Å²) in [5, 5.41) is 7.60. The van der Waals surface area contributed by atoms with Crippen LogP contribution in [0.3, 0.4) is 0 Å². The first-order chi connectivity index (χ1) is 18.5. The predicted octanol–water partition coefficient (Wildman–Crippen LogP) is 3.23. The van der Waals surface area contributed by atoms with Gasteiger partial charge in [0.1, 0.15) is 23.8 Å². The molecule has 0 amide bonds. The van der Waals surface area contributed by atoms with Gasteiger partial charge in [0, 0.05) is 65.2 Å². The minimum atomic E-state index is -4.61. The Bertz CT molecular complexity index is 1180. The fourth-order valence-electron chi connectivity index (χ4n) is 4.57. The molecule has 39 heavy (non-hydrogen) atoms. The average molecular weight is 550 g/mol. The molecule has 0 unspecified atom stereocenters. The zero-order chi connectivity index (χ0) is 28.8. The van der Waals surface area contributed by atoms with Crippen LogP contribution >= 0.6 is 0 Å². The number of pyridine rings is 1. The molecule has 3 rings (SSSR count). The number of ether oxygens (including phenoxy) is 1. The van der Waals surface area contributed by atoms with Crippen LogP contribution in [0, 0.1) is 0 Å². The Morgan fingerprint density at radius 2 is 1.95 bits per heavy atom. The molecule has 12 heteroatoms. The third-order valence-electron chi connectivity index (χ3n) is 6.86. The van der Waals surface area contributed by atoms with Crippen molar-refractivity contribution in [2.24, 2.45) is 10.8 Å². The van der Waals surface area contributed by atoms with E-state index in [9.17, 15) is 18.0 Å². The number of carbonyl (C=O) groups excluding carboxylic acids is 1. The number of carbonyl (C=O) groups is 1. The zero-order valence-electron chi connectivity index (χ0n) is 23.2. The number of amidine groups is 1. The lowest BCUT2D eigenvalue weighted by atomic mass is 9.75. The number of nitrogens with one attached hydrogen (secondary N) is 2. The number of anilines is 2. The van der Waals surface area contributed by atoms with E-state index in [0.717, 1.165) is 17.5 Å². The number of rotatable bonds is 12. The third-order valence-corrected chi connectivity index (χ3v) is 6.86. The normalized spacial score (nSPS) is 14.9. The standard InChI is InChI=1S/C27H38F3N7O2/c1-6-18-9-19(15-38)21(22(10-18)27(28,29)30)14-37(5)24-12-20(11-23(34-24)33-8-7-31)26(16-39-17-26)13-25(35-32-2)36(3)4/h9-12,15,32H,6-8,13-14,16-17,31H2,1-5H3,(H,33,34)/b35-25-. The number of hydrazone groups is 1. The number of benzene rings is 1. The molecule has 2 aromatic rings. The highest BCUT2D eigenvalue weighted by atomic mass is 19.4. The molecule has 214 valence electrons. The van der Waals surface area contributed by atoms with Gasteiger partial charge in [-0.1, -0.05) is 6.92 Å². The largest absolute Gasteiger partial charge is 0.416 e. The van der Waals surface area contributed by atoms with Gasteiger partial charge >= 0.3 is 6.18 Å². The predicted molar refractivity (Wildman–Crippen MR) is 147 cm³/mol. The van der Waals surface area contributed by atoms with E-state index >= 15 is 0 Å². The number of halogens is 3. The number of alkyl halides is 3. The summed E-state index contributed by atoms with van der Waals surface area (Å²) in [6.45, 7) is 3.36. The lowest BCUT2D eigenvalue weighted by Crippen LogP contribution is -2.50. The van der Waals surface area contributed by atoms with Crippen LogP contribution in [0.25, 0.3) is 0 Å². The van der Waals surface area contributed by atoms with Crippen LogP contribution < -0.4 is 21.4 Å². The van der Waals surface area contributed by atoms with Gasteiger partial charge in [-0.2, -0.15) is 18.3 Å². The van der Waals surface area contributed by atoms with Crippen molar-refractivity contribution in [1.29, 1.82) is 0 Å². The molecule has 0 atom stereocenters. The fraction of sp³-hybridized carbons (Fsp3) is 0.519. The van der Waals surface area contributed by atoms with Gasteiger partial charge in [-0.15, -0.1) is 0 Å². The smallest absolute Gasteiger partial charge is 0.379 e. The Morgan fingerprint density at radius 1 is 1.23 bits per heavy atom. The molecule has 0 spiro atoms. The summed E-state index contributed by atoms with van der Waals surface area (Å²) in [5.41, 5.74) is 8.64. The van der Waals surface area contributed by atoms with Gasteiger partial charge < -0.3 is 31.0 Å². The maximum Gasteiger partial charge on any atom is 0.416 e. The molecule has 1 aromatic heterocycles. The Balaban J connectivity index is 2.07. The summed E-state index contributed by atoms with van der Waals surface area (Å²) in [6, 6.07) is 6.44. The topological polar surface area (TPSA) is 108 Å². The van der Waals surface area contributed by atoms with Crippen LogP contribution in [-0.4, -0.2) is 76.5 Å². The molecule has 4 N–H and O–H groups in total. The molecular weight excluding hydrogens is 511 g/mol. The summed E-state index contributed by atoms with van der Waals surface area (Å²) in [6.07, 6.45) is -3.16. The first-order valence-corrected chi connectivity index (χ1v) is 12.8. The molecule has 2 heterocycles. The summed E-state index contributed by atoms with van der Waals surface area (Å²) < 4.78 is 47.8. The molecule has 1 fully saturated rings. The number of aryl methyl sites for hydroxylation is 1. The maximum absolute atomic E-state index is 14.1. The molecule has 9 nitrogen and oxygen atoms in total. The number of hydrogen-bond acceptors (Lipinski definition) is 8. The second-order valence-corrected chi connectivity index (χ2v) is 9.95. The summed E-state index contributed by atoms with van der Waals surface area (Å²) in [4.78, 5) is 20.1. The summed E-state index contributed by atoms with van der Waals surface area (Å²) in [5.74, 6) is 1.83. The second kappa shape index (κ2) is 12.6. The van der Waals surface area contributed by atoms with Crippen LogP contribution in [0.5, 0.6) is 0 Å². The van der Waals surface area contributed by atoms with Crippen molar-refractivity contribution < 1.29 is 22.7 Å². The van der Waals surface area contributed by atoms with Crippen molar-refractivity contribution in [3.63, 3.8) is 0 Å². The average Bonchev–Trinajstić information content (AvgIpc) is 2.87. The van der Waals surface area contributed by atoms with E-state index in [1.165, 1.54) is 6.07 Å². The lowest BCUT2D eigenvalue weighted by molar-refractivity contribution is -0.138. The molecule has 0 bridgehead atoms. The van der Waals surface area contributed by atoms with Crippen LogP contribution in [-0.2, 0) is 29.3 Å². The van der Waals surface area contributed by atoms with Gasteiger partial charge in [-0.3, -0.25) is 4.79 Å². The molecule has 0 radical (unpaired) electrons. The van der Waals surface area contributed by atoms with E-state index in [2.05, 4.69) is 20.8 Å². The number of aldehydes is 1. The molecule has 1 saturated heterocycles. The van der Waals surface area contributed by atoms with Crippen molar-refractivity contribution in [3.8, 4) is 0 Å². The first-order valence-electron chi connectivity index (χ1n) is 12.8. The highest BCUT2D eigenvalue weighted by Crippen LogP contribution is 2.40. The van der Waals surface area contributed by atoms with Crippen LogP contribution in [0.15, 0.2) is 29.4 Å². The minimum Gasteiger partial charge on any atom is -0.379 e. The summed E-state index contributed by atoms with van der Waals surface area (Å²) >= 11 is 0. The van der Waals surface area contributed by atoms with Gasteiger partial charge in [-0.05, 0) is 47.4 Å². The SMILES string of the molecule is CCc1cc(C=O)c(CN(C)c2cc(C3(C/C(=N/NC)N(C)C)COC3)cc(NCCN)n2)c(C(F)(F)F)c1. The first kappa shape index (κ1) is 30.2. The zero-order valence-corrected chi connectivity index (χ0v) is 23.2. The van der Waals surface area contributed by atoms with Crippen LogP contribution in [0.2, 0.25) is 0 Å². The van der Waals surface area contributed by atoms with Crippen LogP contribution in [0.1, 0.15) is 46.0 Å². The van der Waals surface area contributed by atoms with E-state index in [4.69, 9.17) is 10.5 Å². The number of nitrogens with zero attached hydrogens (tertiary/aromatic N) is 4. The highest BCUT2D eigenvalue weighted by Gasteiger charge is 2.43. The van der Waals surface area contributed by atoms with E-state index in [0.29, 0.717) is 62.6 Å². The van der Waals surface area contributed by atoms with E-state index in [-0.39, 0.29) is 17.7 Å². The molecule has 1 aliphatic rings. The third kappa shape index (κ3) is 6.99. The van der Waals surface area contributed by atoms with E-state index < -0.39 is 17.2 Å². The second-order valence-electron chi connectivity index (χ2n) is 9.95. The van der Waals surface area contributed by atoms with Gasteiger partial charge in [0.25, 0.3) is 0 Å². The Morgan fingerprint density at radius 3 is 2.46 bits per heavy atom. The number of aromatic nitrogens is 1. The number of nitrogens with two attached hydrogens (primary N) is 1. The van der Waals surface area contributed by atoms with Gasteiger partial charge in [0.2, 0.25) is 0 Å². The highest BCUT2D eigenvalue weighted by molar-refractivity contribution is 5.83. The maximum atomic E-state index is 14.1. The van der Waals surface area contributed by atoms with Crippen molar-refractivity contribution >= 4 is 23.8 Å². The van der Waals surface area contributed by atoms with Crippen molar-refractivity contribution in [1.82, 2.24) is 15.3 Å². The number of hydrogen-bond donors (Lipinski definition) is 3. The Kier molecular flexibility index (Phi) is 9.78. The van der Waals surface area contributed by atoms with Gasteiger partial charge in [0.05, 0.1) is 18.8 Å². The Labute approximate surface area is 227 Å². The molecule has 0 aliphatic carbocycles. The summed E-state index contributed by atoms with van der Waals surface area (Å²) in [7, 11) is 7.22. The van der Waals surface area contributed by atoms with E-state index in [1.54, 1.807) is 25.9 Å². The van der Waals surface area contributed by atoms with Crippen molar-refractivity contribution in [2.75, 3.05) is 64.7 Å². The van der Waals surface area contributed by atoms with E-state index in [1.807, 2.05) is 31.1 Å². The van der Waals surface area contributed by atoms with Gasteiger partial charge in [0.15, 0.2) is 0 Å². The van der Waals surface area contributed by atoms with Crippen LogP contribution in [0.4, 0.5) is 24.8 Å².